The van der Waals surface area contributed by atoms with E-state index in [1.165, 1.54) is 6.42 Å². The summed E-state index contributed by atoms with van der Waals surface area (Å²) in [5.41, 5.74) is 0.794. The first-order valence-electron chi connectivity index (χ1n) is 3.99. The van der Waals surface area contributed by atoms with E-state index < -0.39 is 0 Å². The molecule has 0 heterocycles. The van der Waals surface area contributed by atoms with Crippen molar-refractivity contribution in [2.75, 3.05) is 6.61 Å². The van der Waals surface area contributed by atoms with Gasteiger partial charge in [0, 0.05) is 5.02 Å². The van der Waals surface area contributed by atoms with Crippen LogP contribution in [0.3, 0.4) is 0 Å². The highest BCUT2D eigenvalue weighted by molar-refractivity contribution is 6.30. The Morgan fingerprint density at radius 3 is 2.62 bits per heavy atom. The predicted octanol–water partition coefficient (Wildman–Crippen LogP) is 2.46. The Balaban J connectivity index is 2.54. The number of carbonyl (C=O) groups excluding carboxylic acids is 1. The van der Waals surface area contributed by atoms with E-state index in [1.807, 2.05) is 0 Å². The van der Waals surface area contributed by atoms with Crippen LogP contribution in [0.1, 0.15) is 12.5 Å². The van der Waals surface area contributed by atoms with Gasteiger partial charge in [-0.05, 0) is 24.6 Å². The largest absolute Gasteiger partial charge is 0.465 e. The molecule has 0 aliphatic heterocycles. The maximum Gasteiger partial charge on any atom is 0.314 e. The number of esters is 1. The zero-order valence-electron chi connectivity index (χ0n) is 7.29. The fraction of sp³-hybridized carbons (Fsp3) is 0.200. The van der Waals surface area contributed by atoms with Gasteiger partial charge in [0.25, 0.3) is 0 Å². The lowest BCUT2D eigenvalue weighted by Crippen LogP contribution is -2.04. The van der Waals surface area contributed by atoms with Gasteiger partial charge in [-0.1, -0.05) is 23.7 Å². The van der Waals surface area contributed by atoms with Gasteiger partial charge >= 0.3 is 5.97 Å². The smallest absolute Gasteiger partial charge is 0.314 e. The van der Waals surface area contributed by atoms with E-state index in [2.05, 4.69) is 0 Å². The van der Waals surface area contributed by atoms with Crippen LogP contribution >= 0.6 is 11.6 Å². The molecule has 0 bridgehead atoms. The van der Waals surface area contributed by atoms with Crippen LogP contribution in [-0.2, 0) is 9.53 Å². The summed E-state index contributed by atoms with van der Waals surface area (Å²) in [7, 11) is 0. The number of rotatable bonds is 3. The van der Waals surface area contributed by atoms with Crippen LogP contribution in [0.4, 0.5) is 0 Å². The van der Waals surface area contributed by atoms with E-state index in [-0.39, 0.29) is 5.97 Å². The van der Waals surface area contributed by atoms with E-state index >= 15 is 0 Å². The normalized spacial score (nSPS) is 9.69. The SMILES string of the molecule is CCOC(=O)[CH]c1ccc(Cl)cc1. The fourth-order valence-electron chi connectivity index (χ4n) is 0.879. The minimum absolute atomic E-state index is 0.329. The molecule has 1 aromatic rings. The quantitative estimate of drug-likeness (QED) is 0.696. The first-order valence-corrected chi connectivity index (χ1v) is 4.37. The summed E-state index contributed by atoms with van der Waals surface area (Å²) < 4.78 is 4.75. The van der Waals surface area contributed by atoms with Crippen LogP contribution in [0.15, 0.2) is 24.3 Å². The number of carbonyl (C=O) groups is 1. The second kappa shape index (κ2) is 4.87. The van der Waals surface area contributed by atoms with Crippen molar-refractivity contribution < 1.29 is 9.53 Å². The number of benzene rings is 1. The summed E-state index contributed by atoms with van der Waals surface area (Å²) in [5, 5.41) is 0.654. The molecule has 2 nitrogen and oxygen atoms in total. The molecule has 0 atom stereocenters. The third kappa shape index (κ3) is 3.47. The first kappa shape index (κ1) is 10.1. The van der Waals surface area contributed by atoms with Crippen LogP contribution in [0.2, 0.25) is 5.02 Å². The van der Waals surface area contributed by atoms with Crippen LogP contribution in [0.25, 0.3) is 0 Å². The minimum Gasteiger partial charge on any atom is -0.465 e. The molecule has 1 radical (unpaired) electrons. The number of hydrogen-bond acceptors (Lipinski definition) is 2. The van der Waals surface area contributed by atoms with Crippen molar-refractivity contribution in [2.24, 2.45) is 0 Å². The van der Waals surface area contributed by atoms with Gasteiger partial charge in [-0.15, -0.1) is 0 Å². The van der Waals surface area contributed by atoms with Gasteiger partial charge in [0.15, 0.2) is 0 Å². The van der Waals surface area contributed by atoms with Crippen LogP contribution in [0, 0.1) is 6.42 Å². The Bertz CT molecular complexity index is 279. The lowest BCUT2D eigenvalue weighted by atomic mass is 10.2. The average molecular weight is 198 g/mol. The molecule has 0 saturated heterocycles. The lowest BCUT2D eigenvalue weighted by Gasteiger charge is -2.00. The molecule has 0 unspecified atom stereocenters. The predicted molar refractivity (Wildman–Crippen MR) is 51.5 cm³/mol. The van der Waals surface area contributed by atoms with Gasteiger partial charge in [0.2, 0.25) is 0 Å². The zero-order valence-corrected chi connectivity index (χ0v) is 8.04. The third-order valence-electron chi connectivity index (χ3n) is 1.44. The maximum absolute atomic E-state index is 11.0. The second-order valence-electron chi connectivity index (χ2n) is 2.45. The second-order valence-corrected chi connectivity index (χ2v) is 2.88. The Morgan fingerprint density at radius 2 is 2.08 bits per heavy atom. The molecule has 0 N–H and O–H groups in total. The van der Waals surface area contributed by atoms with Crippen molar-refractivity contribution in [3.05, 3.63) is 41.3 Å². The van der Waals surface area contributed by atoms with Gasteiger partial charge in [-0.2, -0.15) is 0 Å². The summed E-state index contributed by atoms with van der Waals surface area (Å²) in [6, 6.07) is 6.98. The van der Waals surface area contributed by atoms with Crippen molar-refractivity contribution in [2.45, 2.75) is 6.92 Å². The van der Waals surface area contributed by atoms with E-state index in [9.17, 15) is 4.79 Å². The highest BCUT2D eigenvalue weighted by atomic mass is 35.5. The first-order chi connectivity index (χ1) is 6.22. The monoisotopic (exact) mass is 197 g/mol. The Kier molecular flexibility index (Phi) is 3.77. The van der Waals surface area contributed by atoms with E-state index in [1.54, 1.807) is 31.2 Å². The highest BCUT2D eigenvalue weighted by Crippen LogP contribution is 2.11. The summed E-state index contributed by atoms with van der Waals surface area (Å²) in [6.45, 7) is 2.16. The van der Waals surface area contributed by atoms with Crippen molar-refractivity contribution in [1.82, 2.24) is 0 Å². The zero-order chi connectivity index (χ0) is 9.68. The van der Waals surface area contributed by atoms with Crippen molar-refractivity contribution in [3.8, 4) is 0 Å². The van der Waals surface area contributed by atoms with Crippen LogP contribution in [-0.4, -0.2) is 12.6 Å². The molecule has 69 valence electrons. The highest BCUT2D eigenvalue weighted by Gasteiger charge is 2.03. The number of halogens is 1. The Labute approximate surface area is 82.5 Å². The molecule has 0 aromatic heterocycles. The molecular weight excluding hydrogens is 188 g/mol. The third-order valence-corrected chi connectivity index (χ3v) is 1.69. The van der Waals surface area contributed by atoms with Gasteiger partial charge in [0.1, 0.15) is 0 Å². The Morgan fingerprint density at radius 1 is 1.46 bits per heavy atom. The van der Waals surface area contributed by atoms with Crippen molar-refractivity contribution in [3.63, 3.8) is 0 Å². The van der Waals surface area contributed by atoms with E-state index in [0.717, 1.165) is 5.56 Å². The lowest BCUT2D eigenvalue weighted by molar-refractivity contribution is -0.138. The molecule has 0 amide bonds. The molecule has 1 rings (SSSR count). The van der Waals surface area contributed by atoms with Gasteiger partial charge in [-0.3, -0.25) is 4.79 Å². The Hall–Kier alpha value is -1.02. The van der Waals surface area contributed by atoms with Crippen molar-refractivity contribution in [1.29, 1.82) is 0 Å². The van der Waals surface area contributed by atoms with Crippen LogP contribution in [0.5, 0.6) is 0 Å². The van der Waals surface area contributed by atoms with Gasteiger partial charge < -0.3 is 4.74 Å². The summed E-state index contributed by atoms with van der Waals surface area (Å²) in [6.07, 6.45) is 1.43. The topological polar surface area (TPSA) is 26.3 Å². The number of ether oxygens (including phenoxy) is 1. The summed E-state index contributed by atoms with van der Waals surface area (Å²) in [5.74, 6) is -0.329. The standard InChI is InChI=1S/C10H10ClO2/c1-2-13-10(12)7-8-3-5-9(11)6-4-8/h3-7H,2H2,1H3. The molecule has 1 aromatic carbocycles. The summed E-state index contributed by atoms with van der Waals surface area (Å²) >= 11 is 5.68. The van der Waals surface area contributed by atoms with Crippen molar-refractivity contribution >= 4 is 17.6 Å². The van der Waals surface area contributed by atoms with Gasteiger partial charge in [0.05, 0.1) is 13.0 Å². The molecule has 0 spiro atoms. The fourth-order valence-corrected chi connectivity index (χ4v) is 1.01. The maximum atomic E-state index is 11.0. The van der Waals surface area contributed by atoms with E-state index in [4.69, 9.17) is 16.3 Å². The molecular formula is C10H10ClO2. The molecule has 13 heavy (non-hydrogen) atoms. The molecule has 0 fully saturated rings. The number of hydrogen-bond donors (Lipinski definition) is 0. The van der Waals surface area contributed by atoms with Gasteiger partial charge in [-0.25, -0.2) is 0 Å². The van der Waals surface area contributed by atoms with Crippen LogP contribution < -0.4 is 0 Å². The molecule has 0 saturated carbocycles. The summed E-state index contributed by atoms with van der Waals surface area (Å²) in [4.78, 5) is 11.0. The molecule has 0 aliphatic rings. The van der Waals surface area contributed by atoms with E-state index in [0.29, 0.717) is 11.6 Å². The molecule has 0 aliphatic carbocycles. The molecule has 3 heteroatoms. The average Bonchev–Trinajstić information content (AvgIpc) is 2.09. The minimum atomic E-state index is -0.329.